The minimum absolute atomic E-state index is 0.270. The van der Waals surface area contributed by atoms with Gasteiger partial charge in [0.1, 0.15) is 0 Å². The van der Waals surface area contributed by atoms with Crippen LogP contribution in [0.4, 0.5) is 11.5 Å². The van der Waals surface area contributed by atoms with Crippen LogP contribution in [0.5, 0.6) is 5.75 Å². The Labute approximate surface area is 144 Å². The number of carbonyl (C=O) groups is 1. The lowest BCUT2D eigenvalue weighted by Gasteiger charge is -2.10. The van der Waals surface area contributed by atoms with E-state index >= 15 is 0 Å². The van der Waals surface area contributed by atoms with Gasteiger partial charge in [-0.2, -0.15) is 10.1 Å². The fourth-order valence-electron chi connectivity index (χ4n) is 2.63. The number of benzene rings is 1. The summed E-state index contributed by atoms with van der Waals surface area (Å²) < 4.78 is 5.76. The van der Waals surface area contributed by atoms with E-state index in [1.54, 1.807) is 31.3 Å². The second-order valence-corrected chi connectivity index (χ2v) is 5.56. The zero-order valence-electron chi connectivity index (χ0n) is 13.7. The Bertz CT molecular complexity index is 933. The third-order valence-corrected chi connectivity index (χ3v) is 3.93. The molecule has 2 aliphatic rings. The van der Waals surface area contributed by atoms with Gasteiger partial charge in [0.05, 0.1) is 17.6 Å². The van der Waals surface area contributed by atoms with Crippen molar-refractivity contribution in [1.82, 2.24) is 4.98 Å². The van der Waals surface area contributed by atoms with Crippen LogP contribution in [0.1, 0.15) is 6.92 Å². The van der Waals surface area contributed by atoms with Crippen LogP contribution in [-0.2, 0) is 4.79 Å². The van der Waals surface area contributed by atoms with Gasteiger partial charge in [-0.05, 0) is 31.2 Å². The predicted molar refractivity (Wildman–Crippen MR) is 95.8 cm³/mol. The molecule has 0 saturated carbocycles. The number of rotatable bonds is 2. The molecule has 0 aliphatic carbocycles. The SMILES string of the molecule is CC1=NN(c2ccccn2)C(=O)C1=NC=C1Oc2ccccc2N1C. The van der Waals surface area contributed by atoms with Crippen LogP contribution in [0.25, 0.3) is 0 Å². The number of hydrogen-bond acceptors (Lipinski definition) is 6. The number of nitrogens with zero attached hydrogens (tertiary/aromatic N) is 5. The highest BCUT2D eigenvalue weighted by atomic mass is 16.5. The fourth-order valence-corrected chi connectivity index (χ4v) is 2.63. The van der Waals surface area contributed by atoms with Crippen LogP contribution >= 0.6 is 0 Å². The van der Waals surface area contributed by atoms with Crippen LogP contribution in [0.2, 0.25) is 0 Å². The molecule has 3 heterocycles. The minimum atomic E-state index is -0.314. The highest BCUT2D eigenvalue weighted by molar-refractivity contribution is 6.71. The van der Waals surface area contributed by atoms with Gasteiger partial charge in [0.15, 0.2) is 17.3 Å². The van der Waals surface area contributed by atoms with Crippen LogP contribution < -0.4 is 14.6 Å². The summed E-state index contributed by atoms with van der Waals surface area (Å²) in [6, 6.07) is 13.0. The monoisotopic (exact) mass is 333 g/mol. The van der Waals surface area contributed by atoms with E-state index in [0.717, 1.165) is 11.4 Å². The van der Waals surface area contributed by atoms with Gasteiger partial charge in [-0.25, -0.2) is 9.98 Å². The standard InChI is InChI=1S/C18H15N5O2/c1-12-17(18(24)23(21-12)15-9-5-6-10-19-15)20-11-16-22(2)13-7-3-4-8-14(13)25-16/h3-11H,1-2H3. The van der Waals surface area contributed by atoms with E-state index in [4.69, 9.17) is 4.74 Å². The summed E-state index contributed by atoms with van der Waals surface area (Å²) >= 11 is 0. The number of aliphatic imine (C=N–C) groups is 1. The number of ether oxygens (including phenoxy) is 1. The molecule has 0 unspecified atom stereocenters. The van der Waals surface area contributed by atoms with Crippen molar-refractivity contribution in [3.8, 4) is 5.75 Å². The average Bonchev–Trinajstić information content (AvgIpc) is 3.11. The molecule has 124 valence electrons. The number of anilines is 2. The second kappa shape index (κ2) is 5.86. The third kappa shape index (κ3) is 2.55. The maximum absolute atomic E-state index is 12.6. The van der Waals surface area contributed by atoms with Crippen molar-refractivity contribution in [1.29, 1.82) is 0 Å². The van der Waals surface area contributed by atoms with E-state index in [1.165, 1.54) is 11.2 Å². The predicted octanol–water partition coefficient (Wildman–Crippen LogP) is 2.57. The van der Waals surface area contributed by atoms with E-state index in [-0.39, 0.29) is 11.6 Å². The van der Waals surface area contributed by atoms with Gasteiger partial charge in [0.25, 0.3) is 0 Å². The second-order valence-electron chi connectivity index (χ2n) is 5.56. The Balaban J connectivity index is 1.61. The van der Waals surface area contributed by atoms with Crippen LogP contribution in [0, 0.1) is 0 Å². The van der Waals surface area contributed by atoms with E-state index in [9.17, 15) is 4.79 Å². The van der Waals surface area contributed by atoms with Crippen molar-refractivity contribution in [2.75, 3.05) is 17.0 Å². The number of hydrazone groups is 1. The summed E-state index contributed by atoms with van der Waals surface area (Å²) in [5.74, 6) is 1.46. The molecular formula is C18H15N5O2. The first-order valence-corrected chi connectivity index (χ1v) is 7.75. The number of aromatic nitrogens is 1. The molecule has 2 aromatic rings. The summed E-state index contributed by atoms with van der Waals surface area (Å²) in [6.45, 7) is 1.74. The zero-order chi connectivity index (χ0) is 17.4. The maximum atomic E-state index is 12.6. The molecule has 0 saturated heterocycles. The Hall–Kier alpha value is -3.48. The number of pyridine rings is 1. The van der Waals surface area contributed by atoms with Crippen molar-refractivity contribution in [3.63, 3.8) is 0 Å². The lowest BCUT2D eigenvalue weighted by Crippen LogP contribution is -2.27. The van der Waals surface area contributed by atoms with Crippen LogP contribution in [0.15, 0.2) is 70.8 Å². The summed E-state index contributed by atoms with van der Waals surface area (Å²) in [4.78, 5) is 22.9. The normalized spacial score (nSPS) is 19.4. The smallest absolute Gasteiger partial charge is 0.300 e. The Kier molecular flexibility index (Phi) is 3.53. The summed E-state index contributed by atoms with van der Waals surface area (Å²) in [5.41, 5.74) is 1.75. The van der Waals surface area contributed by atoms with Crippen molar-refractivity contribution >= 4 is 28.8 Å². The Morgan fingerprint density at radius 3 is 2.72 bits per heavy atom. The molecule has 7 heteroatoms. The van der Waals surface area contributed by atoms with Gasteiger partial charge in [-0.1, -0.05) is 18.2 Å². The highest BCUT2D eigenvalue weighted by Gasteiger charge is 2.31. The van der Waals surface area contributed by atoms with Gasteiger partial charge in [0, 0.05) is 13.2 Å². The van der Waals surface area contributed by atoms with Gasteiger partial charge < -0.3 is 9.64 Å². The Morgan fingerprint density at radius 2 is 1.96 bits per heavy atom. The van der Waals surface area contributed by atoms with Crippen molar-refractivity contribution in [3.05, 3.63) is 60.7 Å². The first kappa shape index (κ1) is 15.1. The first-order chi connectivity index (χ1) is 12.1. The van der Waals surface area contributed by atoms with Gasteiger partial charge >= 0.3 is 5.91 Å². The van der Waals surface area contributed by atoms with Gasteiger partial charge in [0.2, 0.25) is 5.88 Å². The number of fused-ring (bicyclic) bond motifs is 1. The molecule has 4 rings (SSSR count). The number of amides is 1. The van der Waals surface area contributed by atoms with E-state index in [1.807, 2.05) is 36.2 Å². The largest absolute Gasteiger partial charge is 0.437 e. The van der Waals surface area contributed by atoms with E-state index in [2.05, 4.69) is 15.1 Å². The molecule has 0 radical (unpaired) electrons. The lowest BCUT2D eigenvalue weighted by atomic mass is 10.2. The summed E-state index contributed by atoms with van der Waals surface area (Å²) in [5, 5.41) is 5.50. The van der Waals surface area contributed by atoms with Crippen molar-refractivity contribution < 1.29 is 9.53 Å². The van der Waals surface area contributed by atoms with Gasteiger partial charge in [-0.15, -0.1) is 0 Å². The topological polar surface area (TPSA) is 70.4 Å². The molecular weight excluding hydrogens is 318 g/mol. The molecule has 1 aromatic carbocycles. The quantitative estimate of drug-likeness (QED) is 0.847. The Morgan fingerprint density at radius 1 is 1.16 bits per heavy atom. The number of carbonyl (C=O) groups excluding carboxylic acids is 1. The fraction of sp³-hybridized carbons (Fsp3) is 0.111. The zero-order valence-corrected chi connectivity index (χ0v) is 13.7. The number of para-hydroxylation sites is 2. The molecule has 7 nitrogen and oxygen atoms in total. The van der Waals surface area contributed by atoms with Crippen molar-refractivity contribution in [2.24, 2.45) is 10.1 Å². The van der Waals surface area contributed by atoms with Gasteiger partial charge in [-0.3, -0.25) is 4.79 Å². The number of hydrogen-bond donors (Lipinski definition) is 0. The van der Waals surface area contributed by atoms with E-state index < -0.39 is 0 Å². The molecule has 0 fully saturated rings. The lowest BCUT2D eigenvalue weighted by molar-refractivity contribution is -0.112. The first-order valence-electron chi connectivity index (χ1n) is 7.75. The molecule has 0 N–H and O–H groups in total. The third-order valence-electron chi connectivity index (χ3n) is 3.93. The summed E-state index contributed by atoms with van der Waals surface area (Å²) in [7, 11) is 1.88. The molecule has 1 amide bonds. The summed E-state index contributed by atoms with van der Waals surface area (Å²) in [6.07, 6.45) is 3.15. The molecule has 1 aromatic heterocycles. The minimum Gasteiger partial charge on any atom is -0.437 e. The average molecular weight is 333 g/mol. The highest BCUT2D eigenvalue weighted by Crippen LogP contribution is 2.37. The molecule has 0 atom stereocenters. The van der Waals surface area contributed by atoms with Crippen molar-refractivity contribution in [2.45, 2.75) is 6.92 Å². The van der Waals surface area contributed by atoms with E-state index in [0.29, 0.717) is 17.4 Å². The molecule has 25 heavy (non-hydrogen) atoms. The van der Waals surface area contributed by atoms with Crippen LogP contribution in [-0.4, -0.2) is 29.4 Å². The molecule has 0 bridgehead atoms. The maximum Gasteiger partial charge on any atom is 0.300 e. The molecule has 2 aliphatic heterocycles. The van der Waals surface area contributed by atoms with Crippen LogP contribution in [0.3, 0.4) is 0 Å². The molecule has 0 spiro atoms.